The third-order valence-corrected chi connectivity index (χ3v) is 8.81. The molecule has 0 aromatic heterocycles. The van der Waals surface area contributed by atoms with Gasteiger partial charge in [0.2, 0.25) is 10.0 Å². The number of hydrogen-bond acceptors (Lipinski definition) is 5. The van der Waals surface area contributed by atoms with Crippen molar-refractivity contribution in [3.05, 3.63) is 65.2 Å². The molecule has 1 saturated heterocycles. The van der Waals surface area contributed by atoms with Gasteiger partial charge in [-0.15, -0.1) is 11.8 Å². The van der Waals surface area contributed by atoms with Gasteiger partial charge in [0, 0.05) is 36.5 Å². The summed E-state index contributed by atoms with van der Waals surface area (Å²) in [7, 11) is -3.55. The number of hydrogen-bond donors (Lipinski definition) is 0. The summed E-state index contributed by atoms with van der Waals surface area (Å²) in [5.41, 5.74) is 1.44. The smallest absolute Gasteiger partial charge is 0.243 e. The molecule has 0 atom stereocenters. The summed E-state index contributed by atoms with van der Waals surface area (Å²) in [6.45, 7) is 2.97. The molecule has 2 heterocycles. The fraction of sp³-hybridized carbons (Fsp3) is 0.391. The van der Waals surface area contributed by atoms with E-state index in [0.717, 1.165) is 34.9 Å². The lowest BCUT2D eigenvalue weighted by atomic mass is 10.00. The highest BCUT2D eigenvalue weighted by Crippen LogP contribution is 2.37. The standard InChI is InChI=1S/C23H26ClN3O2S2/c1-2-3-17-30-22-21(18-7-5-4-6-8-18)25-23(26-22)13-15-27(16-14-23)31(28,29)20-11-9-19(24)10-12-20/h4-12H,2-3,13-17H2,1H3. The summed E-state index contributed by atoms with van der Waals surface area (Å²) in [5.74, 6) is 1.01. The molecule has 0 radical (unpaired) electrons. The molecular formula is C23H26ClN3O2S2. The van der Waals surface area contributed by atoms with Gasteiger partial charge in [-0.3, -0.25) is 4.99 Å². The van der Waals surface area contributed by atoms with E-state index in [1.165, 1.54) is 4.31 Å². The predicted molar refractivity (Wildman–Crippen MR) is 130 cm³/mol. The van der Waals surface area contributed by atoms with Crippen LogP contribution in [-0.2, 0) is 10.0 Å². The van der Waals surface area contributed by atoms with Crippen LogP contribution in [0.2, 0.25) is 5.02 Å². The molecule has 2 aliphatic heterocycles. The normalized spacial score (nSPS) is 18.8. The van der Waals surface area contributed by atoms with Gasteiger partial charge in [0.1, 0.15) is 5.04 Å². The van der Waals surface area contributed by atoms with Crippen LogP contribution in [0.4, 0.5) is 0 Å². The van der Waals surface area contributed by atoms with Crippen molar-refractivity contribution in [1.29, 1.82) is 0 Å². The average Bonchev–Trinajstić information content (AvgIpc) is 3.13. The van der Waals surface area contributed by atoms with E-state index in [2.05, 4.69) is 19.1 Å². The number of thioether (sulfide) groups is 1. The van der Waals surface area contributed by atoms with Crippen LogP contribution in [0.3, 0.4) is 0 Å². The second-order valence-corrected chi connectivity index (χ2v) is 11.2. The Bertz CT molecular complexity index is 1080. The van der Waals surface area contributed by atoms with E-state index in [4.69, 9.17) is 21.6 Å². The zero-order valence-electron chi connectivity index (χ0n) is 17.5. The molecule has 164 valence electrons. The highest BCUT2D eigenvalue weighted by molar-refractivity contribution is 8.15. The van der Waals surface area contributed by atoms with Gasteiger partial charge < -0.3 is 0 Å². The van der Waals surface area contributed by atoms with Gasteiger partial charge in [0.25, 0.3) is 0 Å². The number of piperidine rings is 1. The highest BCUT2D eigenvalue weighted by Gasteiger charge is 2.42. The lowest BCUT2D eigenvalue weighted by Gasteiger charge is -2.34. The van der Waals surface area contributed by atoms with Crippen molar-refractivity contribution in [1.82, 2.24) is 4.31 Å². The third-order valence-electron chi connectivity index (χ3n) is 5.59. The maximum absolute atomic E-state index is 13.0. The van der Waals surface area contributed by atoms with Crippen LogP contribution in [-0.4, -0.2) is 48.0 Å². The molecule has 4 rings (SSSR count). The lowest BCUT2D eigenvalue weighted by Crippen LogP contribution is -2.44. The minimum Gasteiger partial charge on any atom is -0.252 e. The molecule has 0 bridgehead atoms. The van der Waals surface area contributed by atoms with Crippen molar-refractivity contribution in [3.63, 3.8) is 0 Å². The van der Waals surface area contributed by atoms with Gasteiger partial charge >= 0.3 is 0 Å². The van der Waals surface area contributed by atoms with Crippen LogP contribution in [0.15, 0.2) is 69.5 Å². The number of rotatable bonds is 6. The first-order chi connectivity index (χ1) is 14.9. The molecule has 1 fully saturated rings. The molecule has 8 heteroatoms. The monoisotopic (exact) mass is 475 g/mol. The summed E-state index contributed by atoms with van der Waals surface area (Å²) in [4.78, 5) is 10.4. The number of halogens is 1. The Balaban J connectivity index is 1.54. The van der Waals surface area contributed by atoms with Gasteiger partial charge in [-0.1, -0.05) is 55.3 Å². The maximum atomic E-state index is 13.0. The molecule has 2 aromatic rings. The van der Waals surface area contributed by atoms with Crippen LogP contribution in [0.1, 0.15) is 38.2 Å². The summed E-state index contributed by atoms with van der Waals surface area (Å²) in [6.07, 6.45) is 3.43. The van der Waals surface area contributed by atoms with Crippen molar-refractivity contribution in [2.45, 2.75) is 43.2 Å². The number of nitrogens with zero attached hydrogens (tertiary/aromatic N) is 3. The first-order valence-electron chi connectivity index (χ1n) is 10.6. The Labute approximate surface area is 193 Å². The van der Waals surface area contributed by atoms with Gasteiger partial charge in [-0.05, 0) is 36.4 Å². The zero-order chi connectivity index (χ0) is 21.9. The molecule has 0 saturated carbocycles. The molecule has 0 unspecified atom stereocenters. The van der Waals surface area contributed by atoms with Gasteiger partial charge in [0.05, 0.1) is 10.6 Å². The van der Waals surface area contributed by atoms with Crippen LogP contribution in [0, 0.1) is 0 Å². The molecule has 2 aromatic carbocycles. The summed E-state index contributed by atoms with van der Waals surface area (Å²) >= 11 is 7.67. The van der Waals surface area contributed by atoms with Crippen LogP contribution in [0.5, 0.6) is 0 Å². The maximum Gasteiger partial charge on any atom is 0.243 e. The molecule has 5 nitrogen and oxygen atoms in total. The first kappa shape index (κ1) is 22.5. The highest BCUT2D eigenvalue weighted by atomic mass is 35.5. The molecule has 1 spiro atoms. The SMILES string of the molecule is CCCCSC1=NC2(CCN(S(=O)(=O)c3ccc(Cl)cc3)CC2)N=C1c1ccccc1. The average molecular weight is 476 g/mol. The van der Waals surface area contributed by atoms with Gasteiger partial charge in [0.15, 0.2) is 5.66 Å². The van der Waals surface area contributed by atoms with Crippen LogP contribution in [0.25, 0.3) is 0 Å². The number of unbranched alkanes of at least 4 members (excludes halogenated alkanes) is 1. The second kappa shape index (κ2) is 9.45. The molecule has 0 amide bonds. The zero-order valence-corrected chi connectivity index (χ0v) is 19.9. The molecular weight excluding hydrogens is 450 g/mol. The number of aliphatic imine (C=N–C) groups is 2. The van der Waals surface area contributed by atoms with E-state index in [-0.39, 0.29) is 4.90 Å². The predicted octanol–water partition coefficient (Wildman–Crippen LogP) is 5.26. The summed E-state index contributed by atoms with van der Waals surface area (Å²) in [5, 5.41) is 1.50. The molecule has 0 aliphatic carbocycles. The number of sulfonamides is 1. The Morgan fingerprint density at radius 1 is 1.03 bits per heavy atom. The van der Waals surface area contributed by atoms with Gasteiger partial charge in [-0.25, -0.2) is 13.4 Å². The topological polar surface area (TPSA) is 62.1 Å². The Hall–Kier alpha value is -1.67. The summed E-state index contributed by atoms with van der Waals surface area (Å²) < 4.78 is 27.6. The molecule has 2 aliphatic rings. The van der Waals surface area contributed by atoms with E-state index in [1.54, 1.807) is 36.0 Å². The van der Waals surface area contributed by atoms with E-state index in [9.17, 15) is 8.42 Å². The van der Waals surface area contributed by atoms with Crippen molar-refractivity contribution in [2.24, 2.45) is 9.98 Å². The van der Waals surface area contributed by atoms with Crippen molar-refractivity contribution >= 4 is 44.1 Å². The van der Waals surface area contributed by atoms with Crippen molar-refractivity contribution in [2.75, 3.05) is 18.8 Å². The second-order valence-electron chi connectivity index (χ2n) is 7.79. The molecule has 0 N–H and O–H groups in total. The minimum atomic E-state index is -3.55. The number of benzene rings is 2. The quantitative estimate of drug-likeness (QED) is 0.535. The fourth-order valence-corrected chi connectivity index (χ4v) is 6.51. The van der Waals surface area contributed by atoms with Gasteiger partial charge in [-0.2, -0.15) is 4.31 Å². The van der Waals surface area contributed by atoms with Crippen LogP contribution >= 0.6 is 23.4 Å². The lowest BCUT2D eigenvalue weighted by molar-refractivity contribution is 0.249. The van der Waals surface area contributed by atoms with E-state index >= 15 is 0 Å². The third kappa shape index (κ3) is 4.90. The Kier molecular flexibility index (Phi) is 6.86. The Morgan fingerprint density at radius 3 is 2.35 bits per heavy atom. The van der Waals surface area contributed by atoms with E-state index in [0.29, 0.717) is 31.0 Å². The summed E-state index contributed by atoms with van der Waals surface area (Å²) in [6, 6.07) is 16.5. The minimum absolute atomic E-state index is 0.270. The van der Waals surface area contributed by atoms with Crippen molar-refractivity contribution < 1.29 is 8.42 Å². The van der Waals surface area contributed by atoms with E-state index in [1.807, 2.05) is 18.2 Å². The fourth-order valence-electron chi connectivity index (χ4n) is 3.78. The first-order valence-corrected chi connectivity index (χ1v) is 13.4. The van der Waals surface area contributed by atoms with E-state index < -0.39 is 15.7 Å². The Morgan fingerprint density at radius 2 is 1.71 bits per heavy atom. The van der Waals surface area contributed by atoms with Crippen LogP contribution < -0.4 is 0 Å². The van der Waals surface area contributed by atoms with Crippen molar-refractivity contribution in [3.8, 4) is 0 Å². The molecule has 31 heavy (non-hydrogen) atoms. The largest absolute Gasteiger partial charge is 0.252 e.